The van der Waals surface area contributed by atoms with Crippen molar-refractivity contribution in [2.24, 2.45) is 0 Å². The fourth-order valence-corrected chi connectivity index (χ4v) is 6.76. The van der Waals surface area contributed by atoms with Gasteiger partial charge in [0.05, 0.1) is 22.3 Å². The lowest BCUT2D eigenvalue weighted by Crippen LogP contribution is -2.33. The molecular formula is C34H26N4O10S2. The third kappa shape index (κ3) is 7.91. The van der Waals surface area contributed by atoms with Crippen LogP contribution >= 0.6 is 0 Å². The van der Waals surface area contributed by atoms with E-state index in [-0.39, 0.29) is 22.7 Å². The molecule has 0 aromatic heterocycles. The zero-order valence-corrected chi connectivity index (χ0v) is 27.2. The fraction of sp³-hybridized carbons (Fsp3) is 0. The first-order valence-corrected chi connectivity index (χ1v) is 17.3. The van der Waals surface area contributed by atoms with Crippen LogP contribution in [-0.4, -0.2) is 49.6 Å². The van der Waals surface area contributed by atoms with E-state index < -0.39 is 75.9 Å². The quantitative estimate of drug-likeness (QED) is 0.104. The Labute approximate surface area is 285 Å². The van der Waals surface area contributed by atoms with Gasteiger partial charge in [-0.2, -0.15) is 16.8 Å². The number of anilines is 4. The van der Waals surface area contributed by atoms with Gasteiger partial charge in [0.2, 0.25) is 0 Å². The average Bonchev–Trinajstić information content (AvgIpc) is 3.07. The minimum absolute atomic E-state index is 0.0165. The van der Waals surface area contributed by atoms with Crippen molar-refractivity contribution in [1.82, 2.24) is 0 Å². The molecule has 50 heavy (non-hydrogen) atoms. The van der Waals surface area contributed by atoms with Crippen LogP contribution in [0, 0.1) is 0 Å². The van der Waals surface area contributed by atoms with Crippen molar-refractivity contribution in [2.45, 2.75) is 9.79 Å². The summed E-state index contributed by atoms with van der Waals surface area (Å²) in [5, 5.41) is 9.24. The van der Waals surface area contributed by atoms with Crippen molar-refractivity contribution in [3.63, 3.8) is 0 Å². The Bertz CT molecular complexity index is 2020. The highest BCUT2D eigenvalue weighted by atomic mass is 32.2. The molecule has 0 saturated heterocycles. The first kappa shape index (κ1) is 35.1. The van der Waals surface area contributed by atoms with Crippen LogP contribution in [0.3, 0.4) is 0 Å². The van der Waals surface area contributed by atoms with Crippen LogP contribution in [-0.2, 0) is 20.2 Å². The smallest absolute Gasteiger partial charge is 0.296 e. The summed E-state index contributed by atoms with van der Waals surface area (Å²) in [5.41, 5.74) is -5.41. The van der Waals surface area contributed by atoms with E-state index in [4.69, 9.17) is 0 Å². The number of hydrogen-bond donors (Lipinski definition) is 6. The predicted octanol–water partition coefficient (Wildman–Crippen LogP) is 5.19. The van der Waals surface area contributed by atoms with Gasteiger partial charge in [-0.1, -0.05) is 72.8 Å². The monoisotopic (exact) mass is 714 g/mol. The third-order valence-electron chi connectivity index (χ3n) is 6.96. The molecular weight excluding hydrogens is 689 g/mol. The average molecular weight is 715 g/mol. The molecule has 0 aliphatic carbocycles. The van der Waals surface area contributed by atoms with Crippen molar-refractivity contribution in [1.29, 1.82) is 0 Å². The Morgan fingerprint density at radius 1 is 0.360 bits per heavy atom. The van der Waals surface area contributed by atoms with E-state index in [1.807, 2.05) is 0 Å². The van der Waals surface area contributed by atoms with E-state index in [9.17, 15) is 45.1 Å². The zero-order chi connectivity index (χ0) is 36.1. The van der Waals surface area contributed by atoms with Gasteiger partial charge in [-0.25, -0.2) is 0 Å². The molecule has 16 heteroatoms. The first-order valence-electron chi connectivity index (χ1n) is 14.4. The van der Waals surface area contributed by atoms with Crippen molar-refractivity contribution in [3.05, 3.63) is 144 Å². The van der Waals surface area contributed by atoms with Crippen LogP contribution in [0.2, 0.25) is 0 Å². The highest BCUT2D eigenvalue weighted by Gasteiger charge is 2.43. The Balaban J connectivity index is 1.95. The predicted molar refractivity (Wildman–Crippen MR) is 184 cm³/mol. The summed E-state index contributed by atoms with van der Waals surface area (Å²) in [7, 11) is -11.6. The number of amides is 4. The number of benzene rings is 5. The Morgan fingerprint density at radius 3 is 0.700 bits per heavy atom. The summed E-state index contributed by atoms with van der Waals surface area (Å²) in [6, 6.07) is 29.2. The maximum Gasteiger partial charge on any atom is 0.296 e. The minimum Gasteiger partial charge on any atom is -0.322 e. The van der Waals surface area contributed by atoms with Crippen LogP contribution in [0.25, 0.3) is 0 Å². The summed E-state index contributed by atoms with van der Waals surface area (Å²) in [4.78, 5) is 53.1. The lowest BCUT2D eigenvalue weighted by Gasteiger charge is -2.23. The topological polar surface area (TPSA) is 225 Å². The molecule has 0 bridgehead atoms. The molecule has 4 amide bonds. The third-order valence-corrected chi connectivity index (χ3v) is 8.81. The minimum atomic E-state index is -5.82. The van der Waals surface area contributed by atoms with Gasteiger partial charge in [-0.3, -0.25) is 28.3 Å². The van der Waals surface area contributed by atoms with Gasteiger partial charge in [0, 0.05) is 22.7 Å². The van der Waals surface area contributed by atoms with Gasteiger partial charge >= 0.3 is 0 Å². The SMILES string of the molecule is O=C(Nc1ccccc1)c1c(C(=O)Nc2ccccc2)c(S(=O)(=O)O)c(C(=O)Nc2ccccc2)c(C(=O)Nc2ccccc2)c1S(=O)(=O)O. The van der Waals surface area contributed by atoms with Crippen molar-refractivity contribution < 1.29 is 45.1 Å². The van der Waals surface area contributed by atoms with Crippen LogP contribution < -0.4 is 21.3 Å². The zero-order valence-electron chi connectivity index (χ0n) is 25.5. The van der Waals surface area contributed by atoms with E-state index >= 15 is 0 Å². The Hall–Kier alpha value is -6.20. The van der Waals surface area contributed by atoms with E-state index in [2.05, 4.69) is 21.3 Å². The molecule has 254 valence electrons. The molecule has 0 unspecified atom stereocenters. The normalized spacial score (nSPS) is 11.2. The molecule has 0 heterocycles. The molecule has 0 spiro atoms. The molecule has 6 N–H and O–H groups in total. The van der Waals surface area contributed by atoms with E-state index in [0.29, 0.717) is 0 Å². The Morgan fingerprint density at radius 2 is 0.540 bits per heavy atom. The number of carbonyl (C=O) groups is 4. The molecule has 0 aliphatic rings. The van der Waals surface area contributed by atoms with Gasteiger partial charge in [0.15, 0.2) is 0 Å². The number of rotatable bonds is 10. The number of carbonyl (C=O) groups excluding carboxylic acids is 4. The second kappa shape index (κ2) is 14.5. The Kier molecular flexibility index (Phi) is 10.2. The molecule has 0 aliphatic heterocycles. The summed E-state index contributed by atoms with van der Waals surface area (Å²) in [6.07, 6.45) is 0. The van der Waals surface area contributed by atoms with Gasteiger partial charge in [0.25, 0.3) is 43.9 Å². The van der Waals surface area contributed by atoms with Gasteiger partial charge in [0.1, 0.15) is 9.79 Å². The lowest BCUT2D eigenvalue weighted by atomic mass is 9.94. The number of nitrogens with one attached hydrogen (secondary N) is 4. The molecule has 5 aromatic rings. The largest absolute Gasteiger partial charge is 0.322 e. The summed E-state index contributed by atoms with van der Waals surface area (Å²) in [5.74, 6) is -6.02. The maximum absolute atomic E-state index is 14.1. The van der Waals surface area contributed by atoms with E-state index in [1.54, 1.807) is 24.3 Å². The lowest BCUT2D eigenvalue weighted by molar-refractivity contribution is 0.0970. The standard InChI is InChI=1S/C34H26N4O10S2/c39-31(35-21-13-5-1-6-14-21)25-26(32(40)36-22-15-7-2-8-16-22)30(50(46,47)48)28(34(42)38-24-19-11-4-12-20-24)27(29(25)49(43,44)45)33(41)37-23-17-9-3-10-18-23/h1-20H,(H,35,39)(H,36,40)(H,37,41)(H,38,42)(H,43,44,45)(H,46,47,48). The summed E-state index contributed by atoms with van der Waals surface area (Å²) < 4.78 is 74.7. The van der Waals surface area contributed by atoms with Crippen LogP contribution in [0.1, 0.15) is 41.4 Å². The molecule has 0 fully saturated rings. The van der Waals surface area contributed by atoms with Crippen molar-refractivity contribution in [3.8, 4) is 0 Å². The summed E-state index contributed by atoms with van der Waals surface area (Å²) in [6.45, 7) is 0. The van der Waals surface area contributed by atoms with Crippen LogP contribution in [0.5, 0.6) is 0 Å². The highest BCUT2D eigenvalue weighted by molar-refractivity contribution is 7.86. The molecule has 5 rings (SSSR count). The van der Waals surface area contributed by atoms with Crippen molar-refractivity contribution in [2.75, 3.05) is 21.3 Å². The first-order chi connectivity index (χ1) is 23.8. The second-order valence-corrected chi connectivity index (χ2v) is 13.1. The molecule has 0 saturated carbocycles. The van der Waals surface area contributed by atoms with Gasteiger partial charge < -0.3 is 21.3 Å². The number of para-hydroxylation sites is 4. The summed E-state index contributed by atoms with van der Waals surface area (Å²) >= 11 is 0. The number of hydrogen-bond acceptors (Lipinski definition) is 8. The molecule has 14 nitrogen and oxygen atoms in total. The molecule has 0 radical (unpaired) electrons. The van der Waals surface area contributed by atoms with Crippen molar-refractivity contribution >= 4 is 66.6 Å². The molecule has 0 atom stereocenters. The van der Waals surface area contributed by atoms with Gasteiger partial charge in [-0.15, -0.1) is 0 Å². The van der Waals surface area contributed by atoms with E-state index in [1.165, 1.54) is 97.1 Å². The highest BCUT2D eigenvalue weighted by Crippen LogP contribution is 2.37. The molecule has 5 aromatic carbocycles. The van der Waals surface area contributed by atoms with Crippen LogP contribution in [0.15, 0.2) is 131 Å². The second-order valence-electron chi connectivity index (χ2n) is 10.4. The maximum atomic E-state index is 14.1. The van der Waals surface area contributed by atoms with E-state index in [0.717, 1.165) is 0 Å². The van der Waals surface area contributed by atoms with Gasteiger partial charge in [-0.05, 0) is 48.5 Å². The fourth-order valence-electron chi connectivity index (χ4n) is 4.95. The van der Waals surface area contributed by atoms with Crippen LogP contribution in [0.4, 0.5) is 22.7 Å².